The molecule has 7 heteroatoms. The van der Waals surface area contributed by atoms with E-state index in [4.69, 9.17) is 26.2 Å². The van der Waals surface area contributed by atoms with Crippen molar-refractivity contribution in [3.63, 3.8) is 0 Å². The van der Waals surface area contributed by atoms with E-state index in [0.717, 1.165) is 38.2 Å². The number of carbonyl (C=O) groups excluding carboxylic acids is 1. The first-order valence-corrected chi connectivity index (χ1v) is 7.90. The fourth-order valence-electron chi connectivity index (χ4n) is 1.55. The highest BCUT2D eigenvalue weighted by molar-refractivity contribution is 6.17. The van der Waals surface area contributed by atoms with Crippen molar-refractivity contribution in [3.05, 3.63) is 0 Å². The van der Waals surface area contributed by atoms with E-state index >= 15 is 0 Å². The summed E-state index contributed by atoms with van der Waals surface area (Å²) < 4.78 is 10.7. The van der Waals surface area contributed by atoms with E-state index in [1.54, 1.807) is 0 Å². The Morgan fingerprint density at radius 2 is 1.57 bits per heavy atom. The first-order valence-electron chi connectivity index (χ1n) is 7.36. The minimum atomic E-state index is -0.971. The van der Waals surface area contributed by atoms with Crippen LogP contribution in [0.4, 0.5) is 0 Å². The second-order valence-corrected chi connectivity index (χ2v) is 4.95. The minimum Gasteiger partial charge on any atom is -0.481 e. The molecule has 0 saturated carbocycles. The van der Waals surface area contributed by atoms with Gasteiger partial charge in [0.1, 0.15) is 0 Å². The first kappa shape index (κ1) is 20.1. The van der Waals surface area contributed by atoms with Gasteiger partial charge in [0.05, 0.1) is 26.2 Å². The van der Waals surface area contributed by atoms with Crippen molar-refractivity contribution < 1.29 is 24.2 Å². The molecule has 2 N–H and O–H groups in total. The number of hydrogen-bond donors (Lipinski definition) is 2. The molecule has 21 heavy (non-hydrogen) atoms. The third kappa shape index (κ3) is 17.1. The number of amides is 1. The van der Waals surface area contributed by atoms with Gasteiger partial charge in [-0.15, -0.1) is 11.6 Å². The van der Waals surface area contributed by atoms with E-state index in [1.807, 2.05) is 0 Å². The Morgan fingerprint density at radius 3 is 2.24 bits per heavy atom. The lowest BCUT2D eigenvalue weighted by atomic mass is 10.2. The summed E-state index contributed by atoms with van der Waals surface area (Å²) >= 11 is 5.58. The van der Waals surface area contributed by atoms with Crippen LogP contribution in [0.3, 0.4) is 0 Å². The summed E-state index contributed by atoms with van der Waals surface area (Å²) in [5.74, 6) is -0.517. The van der Waals surface area contributed by atoms with Crippen LogP contribution in [0.1, 0.15) is 38.5 Å². The van der Waals surface area contributed by atoms with Crippen molar-refractivity contribution in [2.45, 2.75) is 38.5 Å². The first-order chi connectivity index (χ1) is 10.2. The molecule has 0 heterocycles. The Labute approximate surface area is 131 Å². The van der Waals surface area contributed by atoms with E-state index in [0.29, 0.717) is 26.4 Å². The van der Waals surface area contributed by atoms with Gasteiger partial charge in [-0.2, -0.15) is 0 Å². The zero-order valence-electron chi connectivity index (χ0n) is 12.4. The number of nitrogens with one attached hydrogen (secondary N) is 1. The van der Waals surface area contributed by atoms with Gasteiger partial charge in [0.15, 0.2) is 0 Å². The molecular weight excluding hydrogens is 298 g/mol. The number of aliphatic carboxylic acids is 1. The number of carbonyl (C=O) groups is 2. The molecule has 1 amide bonds. The molecule has 124 valence electrons. The molecule has 0 saturated heterocycles. The van der Waals surface area contributed by atoms with Gasteiger partial charge in [0, 0.05) is 25.5 Å². The summed E-state index contributed by atoms with van der Waals surface area (Å²) in [5.41, 5.74) is 0. The third-order valence-corrected chi connectivity index (χ3v) is 2.95. The lowest BCUT2D eigenvalue weighted by Crippen LogP contribution is -2.27. The van der Waals surface area contributed by atoms with Gasteiger partial charge in [0.2, 0.25) is 5.91 Å². The summed E-state index contributed by atoms with van der Waals surface area (Å²) in [4.78, 5) is 21.4. The van der Waals surface area contributed by atoms with Crippen molar-refractivity contribution in [1.29, 1.82) is 0 Å². The lowest BCUT2D eigenvalue weighted by Gasteiger charge is -2.07. The molecule has 0 aliphatic carbocycles. The van der Waals surface area contributed by atoms with Crippen LogP contribution >= 0.6 is 11.6 Å². The molecule has 0 aliphatic heterocycles. The summed E-state index contributed by atoms with van der Waals surface area (Å²) in [6.45, 7) is 2.56. The molecule has 0 fully saturated rings. The summed E-state index contributed by atoms with van der Waals surface area (Å²) in [5, 5.41) is 11.0. The van der Waals surface area contributed by atoms with Crippen LogP contribution in [0.25, 0.3) is 0 Å². The van der Waals surface area contributed by atoms with E-state index in [9.17, 15) is 9.59 Å². The monoisotopic (exact) mass is 323 g/mol. The normalized spacial score (nSPS) is 10.5. The Bertz CT molecular complexity index is 276. The number of alkyl halides is 1. The number of ether oxygens (including phenoxy) is 2. The molecule has 0 atom stereocenters. The topological polar surface area (TPSA) is 84.9 Å². The third-order valence-electron chi connectivity index (χ3n) is 2.68. The predicted molar refractivity (Wildman–Crippen MR) is 80.7 cm³/mol. The molecule has 0 radical (unpaired) electrons. The fourth-order valence-corrected chi connectivity index (χ4v) is 1.73. The maximum atomic E-state index is 11.2. The zero-order chi connectivity index (χ0) is 15.8. The van der Waals surface area contributed by atoms with Crippen LogP contribution in [-0.2, 0) is 19.1 Å². The van der Waals surface area contributed by atoms with Crippen LogP contribution in [0.2, 0.25) is 0 Å². The predicted octanol–water partition coefficient (Wildman–Crippen LogP) is 1.80. The van der Waals surface area contributed by atoms with E-state index < -0.39 is 5.97 Å². The maximum Gasteiger partial charge on any atom is 0.303 e. The lowest BCUT2D eigenvalue weighted by molar-refractivity contribution is -0.138. The maximum absolute atomic E-state index is 11.2. The van der Waals surface area contributed by atoms with Crippen molar-refractivity contribution in [3.8, 4) is 0 Å². The second-order valence-electron chi connectivity index (χ2n) is 4.57. The van der Waals surface area contributed by atoms with Crippen LogP contribution in [0.15, 0.2) is 0 Å². The summed E-state index contributed by atoms with van der Waals surface area (Å²) in [6.07, 6.45) is 4.23. The van der Waals surface area contributed by atoms with E-state index in [1.165, 1.54) is 0 Å². The number of rotatable bonds is 15. The second kappa shape index (κ2) is 15.5. The fraction of sp³-hybridized carbons (Fsp3) is 0.857. The molecule has 0 unspecified atom stereocenters. The number of halogens is 1. The van der Waals surface area contributed by atoms with E-state index in [-0.39, 0.29) is 18.7 Å². The van der Waals surface area contributed by atoms with Crippen molar-refractivity contribution in [2.24, 2.45) is 0 Å². The highest BCUT2D eigenvalue weighted by atomic mass is 35.5. The number of carboxylic acids is 1. The van der Waals surface area contributed by atoms with Crippen molar-refractivity contribution >= 4 is 23.5 Å². The van der Waals surface area contributed by atoms with E-state index in [2.05, 4.69) is 5.32 Å². The van der Waals surface area contributed by atoms with Gasteiger partial charge in [-0.05, 0) is 12.8 Å². The molecule has 0 aromatic heterocycles. The smallest absolute Gasteiger partial charge is 0.303 e. The molecular formula is C14H26ClNO5. The summed E-state index contributed by atoms with van der Waals surface area (Å²) in [6, 6.07) is 0. The van der Waals surface area contributed by atoms with Gasteiger partial charge < -0.3 is 19.9 Å². The standard InChI is InChI=1S/C14H26ClNO5/c15-7-3-1-2-4-9-20-11-12-21-10-8-16-13(17)5-6-14(18)19/h1-12H2,(H,16,17)(H,18,19). The minimum absolute atomic E-state index is 0.00215. The molecule has 0 spiro atoms. The Hall–Kier alpha value is -0.850. The van der Waals surface area contributed by atoms with Gasteiger partial charge in [-0.3, -0.25) is 9.59 Å². The van der Waals surface area contributed by atoms with Gasteiger partial charge in [0.25, 0.3) is 0 Å². The average molecular weight is 324 g/mol. The van der Waals surface area contributed by atoms with Crippen LogP contribution < -0.4 is 5.32 Å². The number of hydrogen-bond acceptors (Lipinski definition) is 4. The number of unbranched alkanes of at least 4 members (excludes halogenated alkanes) is 3. The van der Waals surface area contributed by atoms with Gasteiger partial charge in [-0.1, -0.05) is 12.8 Å². The van der Waals surface area contributed by atoms with Crippen molar-refractivity contribution in [2.75, 3.05) is 38.9 Å². The van der Waals surface area contributed by atoms with Crippen molar-refractivity contribution in [1.82, 2.24) is 5.32 Å². The van der Waals surface area contributed by atoms with Crippen LogP contribution in [0.5, 0.6) is 0 Å². The molecule has 0 aromatic rings. The molecule has 0 bridgehead atoms. The van der Waals surface area contributed by atoms with Crippen LogP contribution in [-0.4, -0.2) is 55.8 Å². The zero-order valence-corrected chi connectivity index (χ0v) is 13.2. The van der Waals surface area contributed by atoms with Gasteiger partial charge >= 0.3 is 5.97 Å². The van der Waals surface area contributed by atoms with Crippen LogP contribution in [0, 0.1) is 0 Å². The Kier molecular flexibility index (Phi) is 14.9. The number of carboxylic acid groups (broad SMARTS) is 1. The molecule has 0 aromatic carbocycles. The molecule has 6 nitrogen and oxygen atoms in total. The highest BCUT2D eigenvalue weighted by Crippen LogP contribution is 2.00. The molecule has 0 aliphatic rings. The Morgan fingerprint density at radius 1 is 0.905 bits per heavy atom. The Balaban J connectivity index is 3.12. The molecule has 0 rings (SSSR count). The summed E-state index contributed by atoms with van der Waals surface area (Å²) in [7, 11) is 0. The SMILES string of the molecule is O=C(O)CCC(=O)NCCOCCOCCCCCCCl. The quantitative estimate of drug-likeness (QED) is 0.354. The highest BCUT2D eigenvalue weighted by Gasteiger charge is 2.03. The largest absolute Gasteiger partial charge is 0.481 e. The average Bonchev–Trinajstić information content (AvgIpc) is 2.46. The van der Waals surface area contributed by atoms with Gasteiger partial charge in [-0.25, -0.2) is 0 Å².